The third-order valence-electron chi connectivity index (χ3n) is 1.59. The molecule has 0 saturated carbocycles. The molecule has 2 heterocycles. The van der Waals surface area contributed by atoms with E-state index in [0.29, 0.717) is 5.56 Å². The number of nitrogens with two attached hydrogens (primary N) is 1. The van der Waals surface area contributed by atoms with Crippen LogP contribution in [0.15, 0.2) is 24.7 Å². The summed E-state index contributed by atoms with van der Waals surface area (Å²) in [5.74, 6) is 0.0346. The van der Waals surface area contributed by atoms with Crippen LogP contribution in [0.25, 0.3) is 5.65 Å². The number of rotatable bonds is 1. The molecule has 12 heavy (non-hydrogen) atoms. The Hall–Kier alpha value is -1.91. The van der Waals surface area contributed by atoms with Crippen LogP contribution in [0.5, 0.6) is 0 Å². The van der Waals surface area contributed by atoms with Crippen molar-refractivity contribution in [2.24, 2.45) is 5.73 Å². The summed E-state index contributed by atoms with van der Waals surface area (Å²) in [5, 5.41) is 11.1. The summed E-state index contributed by atoms with van der Waals surface area (Å²) in [5.41, 5.74) is 6.69. The average Bonchev–Trinajstić information content (AvgIpc) is 2.49. The molecule has 0 fully saturated rings. The number of hydrogen-bond donors (Lipinski definition) is 2. The molecule has 0 unspecified atom stereocenters. The van der Waals surface area contributed by atoms with Crippen molar-refractivity contribution < 1.29 is 0 Å². The highest BCUT2D eigenvalue weighted by atomic mass is 15.3. The van der Waals surface area contributed by atoms with Crippen molar-refractivity contribution in [1.29, 1.82) is 5.41 Å². The minimum atomic E-state index is 0.0346. The number of hydrogen-bond acceptors (Lipinski definition) is 3. The van der Waals surface area contributed by atoms with Gasteiger partial charge in [-0.15, -0.1) is 0 Å². The van der Waals surface area contributed by atoms with Crippen LogP contribution in [0.2, 0.25) is 0 Å². The number of nitrogens with zero attached hydrogens (tertiary/aromatic N) is 3. The van der Waals surface area contributed by atoms with E-state index in [9.17, 15) is 0 Å². The molecular formula is C7H7N5. The molecule has 0 aliphatic heterocycles. The van der Waals surface area contributed by atoms with Crippen molar-refractivity contribution in [3.8, 4) is 0 Å². The highest BCUT2D eigenvalue weighted by Gasteiger charge is 1.98. The van der Waals surface area contributed by atoms with Gasteiger partial charge in [-0.3, -0.25) is 5.41 Å². The Balaban J connectivity index is 2.68. The van der Waals surface area contributed by atoms with Gasteiger partial charge in [0.2, 0.25) is 0 Å². The molecule has 0 aliphatic carbocycles. The molecule has 2 aromatic rings. The molecule has 0 amide bonds. The lowest BCUT2D eigenvalue weighted by molar-refractivity contribution is 0.958. The first-order valence-corrected chi connectivity index (χ1v) is 3.41. The molecular weight excluding hydrogens is 154 g/mol. The smallest absolute Gasteiger partial charge is 0.155 e. The quantitative estimate of drug-likeness (QED) is 0.456. The Bertz CT molecular complexity index is 430. The number of fused-ring (bicyclic) bond motifs is 1. The molecule has 0 aliphatic rings. The van der Waals surface area contributed by atoms with E-state index < -0.39 is 0 Å². The topological polar surface area (TPSA) is 80.1 Å². The van der Waals surface area contributed by atoms with Gasteiger partial charge in [-0.2, -0.15) is 5.10 Å². The zero-order valence-corrected chi connectivity index (χ0v) is 6.23. The van der Waals surface area contributed by atoms with Crippen molar-refractivity contribution in [2.45, 2.75) is 0 Å². The van der Waals surface area contributed by atoms with E-state index in [0.717, 1.165) is 5.65 Å². The first-order chi connectivity index (χ1) is 5.77. The van der Waals surface area contributed by atoms with Gasteiger partial charge in [0.15, 0.2) is 5.65 Å². The van der Waals surface area contributed by atoms with Crippen LogP contribution in [-0.2, 0) is 0 Å². The second-order valence-corrected chi connectivity index (χ2v) is 2.39. The number of pyridine rings is 1. The summed E-state index contributed by atoms with van der Waals surface area (Å²) in [6, 6.07) is 3.51. The lowest BCUT2D eigenvalue weighted by atomic mass is 10.3. The third kappa shape index (κ3) is 0.914. The SMILES string of the molecule is N=C(N)c1ccc2ncnn2c1. The Labute approximate surface area is 68.3 Å². The van der Waals surface area contributed by atoms with Crippen LogP contribution in [-0.4, -0.2) is 20.4 Å². The molecule has 0 saturated heterocycles. The van der Waals surface area contributed by atoms with E-state index in [-0.39, 0.29) is 5.84 Å². The number of aromatic nitrogens is 3. The maximum atomic E-state index is 7.18. The van der Waals surface area contributed by atoms with Crippen molar-refractivity contribution in [3.63, 3.8) is 0 Å². The summed E-state index contributed by atoms with van der Waals surface area (Å²) in [6.45, 7) is 0. The zero-order chi connectivity index (χ0) is 8.55. The van der Waals surface area contributed by atoms with Crippen molar-refractivity contribution in [1.82, 2.24) is 14.6 Å². The Morgan fingerprint density at radius 3 is 3.08 bits per heavy atom. The lowest BCUT2D eigenvalue weighted by Gasteiger charge is -1.96. The third-order valence-corrected chi connectivity index (χ3v) is 1.59. The average molecular weight is 161 g/mol. The maximum absolute atomic E-state index is 7.18. The molecule has 3 N–H and O–H groups in total. The minimum Gasteiger partial charge on any atom is -0.384 e. The number of nitrogens with one attached hydrogen (secondary N) is 1. The summed E-state index contributed by atoms with van der Waals surface area (Å²) >= 11 is 0. The zero-order valence-electron chi connectivity index (χ0n) is 6.23. The van der Waals surface area contributed by atoms with E-state index in [4.69, 9.17) is 11.1 Å². The van der Waals surface area contributed by atoms with Gasteiger partial charge in [0.1, 0.15) is 12.2 Å². The second-order valence-electron chi connectivity index (χ2n) is 2.39. The van der Waals surface area contributed by atoms with Gasteiger partial charge in [-0.25, -0.2) is 9.50 Å². The van der Waals surface area contributed by atoms with Gasteiger partial charge in [0, 0.05) is 11.8 Å². The van der Waals surface area contributed by atoms with Gasteiger partial charge in [0.25, 0.3) is 0 Å². The fourth-order valence-corrected chi connectivity index (χ4v) is 0.976. The molecule has 5 nitrogen and oxygen atoms in total. The van der Waals surface area contributed by atoms with E-state index >= 15 is 0 Å². The highest BCUT2D eigenvalue weighted by molar-refractivity contribution is 5.94. The van der Waals surface area contributed by atoms with Gasteiger partial charge in [-0.05, 0) is 12.1 Å². The molecule has 5 heteroatoms. The Morgan fingerprint density at radius 1 is 1.50 bits per heavy atom. The number of amidine groups is 1. The predicted molar refractivity (Wildman–Crippen MR) is 44.0 cm³/mol. The fraction of sp³-hybridized carbons (Fsp3) is 0. The molecule has 0 spiro atoms. The predicted octanol–water partition coefficient (Wildman–Crippen LogP) is 0.0134. The Kier molecular flexibility index (Phi) is 1.30. The molecule has 60 valence electrons. The van der Waals surface area contributed by atoms with E-state index in [1.165, 1.54) is 6.33 Å². The maximum Gasteiger partial charge on any atom is 0.155 e. The normalized spacial score (nSPS) is 10.3. The minimum absolute atomic E-state index is 0.0346. The standard InChI is InChI=1S/C7H7N5/c8-7(9)5-1-2-6-10-4-11-12(6)3-5/h1-4H,(H3,8,9). The first kappa shape index (κ1) is 6.78. The molecule has 0 atom stereocenters. The second kappa shape index (κ2) is 2.30. The van der Waals surface area contributed by atoms with Crippen molar-refractivity contribution >= 4 is 11.5 Å². The summed E-state index contributed by atoms with van der Waals surface area (Å²) in [6.07, 6.45) is 3.13. The lowest BCUT2D eigenvalue weighted by Crippen LogP contribution is -2.11. The molecule has 0 bridgehead atoms. The van der Waals surface area contributed by atoms with Crippen LogP contribution in [0.3, 0.4) is 0 Å². The highest BCUT2D eigenvalue weighted by Crippen LogP contribution is 2.01. The molecule has 2 aromatic heterocycles. The van der Waals surface area contributed by atoms with E-state index in [1.807, 2.05) is 0 Å². The van der Waals surface area contributed by atoms with Crippen LogP contribution in [0.1, 0.15) is 5.56 Å². The summed E-state index contributed by atoms with van der Waals surface area (Å²) in [7, 11) is 0. The van der Waals surface area contributed by atoms with Crippen LogP contribution in [0, 0.1) is 5.41 Å². The van der Waals surface area contributed by atoms with Crippen LogP contribution >= 0.6 is 0 Å². The van der Waals surface area contributed by atoms with Gasteiger partial charge < -0.3 is 5.73 Å². The van der Waals surface area contributed by atoms with Crippen molar-refractivity contribution in [2.75, 3.05) is 0 Å². The fourth-order valence-electron chi connectivity index (χ4n) is 0.976. The summed E-state index contributed by atoms with van der Waals surface area (Å²) < 4.78 is 1.58. The van der Waals surface area contributed by atoms with Gasteiger partial charge in [-0.1, -0.05) is 0 Å². The Morgan fingerprint density at radius 2 is 2.33 bits per heavy atom. The van der Waals surface area contributed by atoms with Gasteiger partial charge in [0.05, 0.1) is 0 Å². The number of nitrogen functional groups attached to an aromatic ring is 1. The van der Waals surface area contributed by atoms with Crippen LogP contribution in [0.4, 0.5) is 0 Å². The van der Waals surface area contributed by atoms with Crippen LogP contribution < -0.4 is 5.73 Å². The van der Waals surface area contributed by atoms with E-state index in [2.05, 4.69) is 10.1 Å². The summed E-state index contributed by atoms with van der Waals surface area (Å²) in [4.78, 5) is 3.96. The largest absolute Gasteiger partial charge is 0.384 e. The first-order valence-electron chi connectivity index (χ1n) is 3.41. The van der Waals surface area contributed by atoms with Gasteiger partial charge >= 0.3 is 0 Å². The molecule has 0 aromatic carbocycles. The monoisotopic (exact) mass is 161 g/mol. The molecule has 2 rings (SSSR count). The van der Waals surface area contributed by atoms with E-state index in [1.54, 1.807) is 22.8 Å². The van der Waals surface area contributed by atoms with Crippen molar-refractivity contribution in [3.05, 3.63) is 30.2 Å². The molecule has 0 radical (unpaired) electrons.